The van der Waals surface area contributed by atoms with E-state index in [2.05, 4.69) is 5.32 Å². The van der Waals surface area contributed by atoms with Crippen LogP contribution in [0.1, 0.15) is 57.5 Å². The molecule has 2 amide bonds. The highest BCUT2D eigenvalue weighted by atomic mass is 16.3. The SMILES string of the molecule is CCN(CC(C)(C)O)C(=O)c1ccc(CNC(=O)C(C)(C)C)cc1. The van der Waals surface area contributed by atoms with Crippen molar-refractivity contribution in [3.8, 4) is 0 Å². The van der Waals surface area contributed by atoms with Crippen molar-refractivity contribution in [2.45, 2.75) is 53.7 Å². The van der Waals surface area contributed by atoms with Gasteiger partial charge in [-0.25, -0.2) is 0 Å². The third-order valence-electron chi connectivity index (χ3n) is 3.58. The summed E-state index contributed by atoms with van der Waals surface area (Å²) in [5.74, 6) is -0.116. The van der Waals surface area contributed by atoms with E-state index < -0.39 is 11.0 Å². The lowest BCUT2D eigenvalue weighted by molar-refractivity contribution is -0.128. The predicted molar refractivity (Wildman–Crippen MR) is 95.6 cm³/mol. The minimum Gasteiger partial charge on any atom is -0.389 e. The molecule has 24 heavy (non-hydrogen) atoms. The van der Waals surface area contributed by atoms with E-state index in [-0.39, 0.29) is 18.4 Å². The van der Waals surface area contributed by atoms with Crippen LogP contribution in [-0.4, -0.2) is 40.5 Å². The zero-order valence-electron chi connectivity index (χ0n) is 15.6. The van der Waals surface area contributed by atoms with Gasteiger partial charge in [-0.2, -0.15) is 0 Å². The van der Waals surface area contributed by atoms with E-state index >= 15 is 0 Å². The van der Waals surface area contributed by atoms with Gasteiger partial charge in [0.05, 0.1) is 5.60 Å². The summed E-state index contributed by atoms with van der Waals surface area (Å²) in [4.78, 5) is 26.0. The van der Waals surface area contributed by atoms with Crippen LogP contribution in [0.15, 0.2) is 24.3 Å². The quantitative estimate of drug-likeness (QED) is 0.840. The van der Waals surface area contributed by atoms with Crippen molar-refractivity contribution < 1.29 is 14.7 Å². The third-order valence-corrected chi connectivity index (χ3v) is 3.58. The Labute approximate surface area is 145 Å². The first-order valence-electron chi connectivity index (χ1n) is 8.33. The molecule has 1 aromatic carbocycles. The first-order valence-corrected chi connectivity index (χ1v) is 8.33. The molecule has 1 aromatic rings. The highest BCUT2D eigenvalue weighted by Gasteiger charge is 2.22. The summed E-state index contributed by atoms with van der Waals surface area (Å²) in [6, 6.07) is 7.20. The van der Waals surface area contributed by atoms with Crippen LogP contribution in [0.4, 0.5) is 0 Å². The van der Waals surface area contributed by atoms with Gasteiger partial charge in [0.2, 0.25) is 5.91 Å². The standard InChI is InChI=1S/C19H30N2O3/c1-7-21(13-19(5,6)24)16(22)15-10-8-14(9-11-15)12-20-17(23)18(2,3)4/h8-11,24H,7,12-13H2,1-6H3,(H,20,23). The first-order chi connectivity index (χ1) is 10.9. The lowest BCUT2D eigenvalue weighted by Gasteiger charge is -2.28. The van der Waals surface area contributed by atoms with Crippen LogP contribution in [0.3, 0.4) is 0 Å². The van der Waals surface area contributed by atoms with Crippen molar-refractivity contribution >= 4 is 11.8 Å². The van der Waals surface area contributed by atoms with E-state index in [0.717, 1.165) is 5.56 Å². The maximum absolute atomic E-state index is 12.5. The number of rotatable bonds is 6. The summed E-state index contributed by atoms with van der Waals surface area (Å²) in [6.07, 6.45) is 0. The number of nitrogens with zero attached hydrogens (tertiary/aromatic N) is 1. The number of amides is 2. The van der Waals surface area contributed by atoms with Gasteiger partial charge in [-0.1, -0.05) is 32.9 Å². The summed E-state index contributed by atoms with van der Waals surface area (Å²) in [5, 5.41) is 12.8. The molecule has 0 aromatic heterocycles. The van der Waals surface area contributed by atoms with Crippen molar-refractivity contribution in [1.29, 1.82) is 0 Å². The zero-order valence-corrected chi connectivity index (χ0v) is 15.6. The van der Waals surface area contributed by atoms with Gasteiger partial charge in [-0.05, 0) is 38.5 Å². The van der Waals surface area contributed by atoms with Gasteiger partial charge in [-0.15, -0.1) is 0 Å². The number of carbonyl (C=O) groups excluding carboxylic acids is 2. The summed E-state index contributed by atoms with van der Waals surface area (Å²) in [5.41, 5.74) is 0.166. The van der Waals surface area contributed by atoms with E-state index in [1.54, 1.807) is 30.9 Å². The van der Waals surface area contributed by atoms with Gasteiger partial charge in [0, 0.05) is 30.6 Å². The van der Waals surface area contributed by atoms with Crippen molar-refractivity contribution in [2.75, 3.05) is 13.1 Å². The second-order valence-corrected chi connectivity index (χ2v) is 7.76. The molecule has 0 spiro atoms. The van der Waals surface area contributed by atoms with E-state index in [0.29, 0.717) is 18.7 Å². The number of likely N-dealkylation sites (N-methyl/N-ethyl adjacent to an activating group) is 1. The van der Waals surface area contributed by atoms with Gasteiger partial charge >= 0.3 is 0 Å². The first kappa shape index (κ1) is 20.2. The normalized spacial score (nSPS) is 12.0. The monoisotopic (exact) mass is 334 g/mol. The molecule has 0 heterocycles. The van der Waals surface area contributed by atoms with Crippen LogP contribution < -0.4 is 5.32 Å². The predicted octanol–water partition coefficient (Wildman–Crippen LogP) is 2.58. The van der Waals surface area contributed by atoms with E-state index in [4.69, 9.17) is 0 Å². The van der Waals surface area contributed by atoms with Crippen molar-refractivity contribution in [3.05, 3.63) is 35.4 Å². The Kier molecular flexibility index (Phi) is 6.55. The summed E-state index contributed by atoms with van der Waals surface area (Å²) in [6.45, 7) is 12.1. The van der Waals surface area contributed by atoms with Crippen LogP contribution >= 0.6 is 0 Å². The molecule has 0 radical (unpaired) electrons. The number of hydrogen-bond donors (Lipinski definition) is 2. The number of nitrogens with one attached hydrogen (secondary N) is 1. The minimum absolute atomic E-state index is 0.00927. The minimum atomic E-state index is -0.928. The lowest BCUT2D eigenvalue weighted by atomic mass is 9.95. The smallest absolute Gasteiger partial charge is 0.253 e. The average Bonchev–Trinajstić information content (AvgIpc) is 2.48. The highest BCUT2D eigenvalue weighted by Crippen LogP contribution is 2.14. The molecule has 0 saturated heterocycles. The van der Waals surface area contributed by atoms with Crippen LogP contribution in [0.25, 0.3) is 0 Å². The molecule has 0 aliphatic rings. The molecule has 0 bridgehead atoms. The Hall–Kier alpha value is -1.88. The molecule has 5 heteroatoms. The lowest BCUT2D eigenvalue weighted by Crippen LogP contribution is -2.42. The number of carbonyl (C=O) groups is 2. The maximum atomic E-state index is 12.5. The molecule has 0 fully saturated rings. The summed E-state index contributed by atoms with van der Waals surface area (Å²) in [7, 11) is 0. The Balaban J connectivity index is 2.73. The second kappa shape index (κ2) is 7.79. The van der Waals surface area contributed by atoms with Crippen molar-refractivity contribution in [2.24, 2.45) is 5.41 Å². The molecule has 2 N–H and O–H groups in total. The van der Waals surface area contributed by atoms with Crippen LogP contribution in [0.5, 0.6) is 0 Å². The molecule has 0 atom stereocenters. The fourth-order valence-electron chi connectivity index (χ4n) is 2.19. The molecule has 5 nitrogen and oxygen atoms in total. The van der Waals surface area contributed by atoms with E-state index in [1.807, 2.05) is 39.8 Å². The average molecular weight is 334 g/mol. The van der Waals surface area contributed by atoms with Gasteiger partial charge in [0.15, 0.2) is 0 Å². The molecule has 134 valence electrons. The van der Waals surface area contributed by atoms with E-state index in [1.165, 1.54) is 0 Å². The Bertz CT molecular complexity index is 566. The number of benzene rings is 1. The molecule has 1 rings (SSSR count). The van der Waals surface area contributed by atoms with Crippen LogP contribution in [-0.2, 0) is 11.3 Å². The summed E-state index contributed by atoms with van der Waals surface area (Å²) < 4.78 is 0. The molecule has 0 saturated carbocycles. The van der Waals surface area contributed by atoms with Crippen molar-refractivity contribution in [1.82, 2.24) is 10.2 Å². The van der Waals surface area contributed by atoms with Crippen molar-refractivity contribution in [3.63, 3.8) is 0 Å². The van der Waals surface area contributed by atoms with Crippen LogP contribution in [0.2, 0.25) is 0 Å². The largest absolute Gasteiger partial charge is 0.389 e. The fraction of sp³-hybridized carbons (Fsp3) is 0.579. The second-order valence-electron chi connectivity index (χ2n) is 7.76. The van der Waals surface area contributed by atoms with Gasteiger partial charge in [0.25, 0.3) is 5.91 Å². The fourth-order valence-corrected chi connectivity index (χ4v) is 2.19. The molecule has 0 aliphatic heterocycles. The summed E-state index contributed by atoms with van der Waals surface area (Å²) >= 11 is 0. The van der Waals surface area contributed by atoms with E-state index in [9.17, 15) is 14.7 Å². The van der Waals surface area contributed by atoms with Gasteiger partial charge < -0.3 is 15.3 Å². The maximum Gasteiger partial charge on any atom is 0.253 e. The highest BCUT2D eigenvalue weighted by molar-refractivity contribution is 5.94. The molecule has 0 unspecified atom stereocenters. The van der Waals surface area contributed by atoms with Crippen LogP contribution in [0, 0.1) is 5.41 Å². The Morgan fingerprint density at radius 2 is 1.62 bits per heavy atom. The number of hydrogen-bond acceptors (Lipinski definition) is 3. The Morgan fingerprint density at radius 1 is 1.08 bits per heavy atom. The van der Waals surface area contributed by atoms with Gasteiger partial charge in [-0.3, -0.25) is 9.59 Å². The third kappa shape index (κ3) is 6.32. The molecule has 0 aliphatic carbocycles. The molecular formula is C19H30N2O3. The Morgan fingerprint density at radius 3 is 2.04 bits per heavy atom. The molecular weight excluding hydrogens is 304 g/mol. The van der Waals surface area contributed by atoms with Gasteiger partial charge in [0.1, 0.15) is 0 Å². The zero-order chi connectivity index (χ0) is 18.5. The number of aliphatic hydroxyl groups is 1. The topological polar surface area (TPSA) is 69.6 Å².